The molecule has 2 rings (SSSR count). The summed E-state index contributed by atoms with van der Waals surface area (Å²) in [7, 11) is -3.29. The van der Waals surface area contributed by atoms with Crippen LogP contribution in [0.3, 0.4) is 0 Å². The number of nitrogen functional groups attached to an aromatic ring is 1. The van der Waals surface area contributed by atoms with E-state index in [4.69, 9.17) is 5.73 Å². The molecule has 1 saturated heterocycles. The van der Waals surface area contributed by atoms with E-state index in [0.29, 0.717) is 12.2 Å². The van der Waals surface area contributed by atoms with E-state index in [1.807, 2.05) is 0 Å². The molecule has 0 aromatic heterocycles. The van der Waals surface area contributed by atoms with Gasteiger partial charge in [-0.1, -0.05) is 25.0 Å². The predicted molar refractivity (Wildman–Crippen MR) is 86.4 cm³/mol. The summed E-state index contributed by atoms with van der Waals surface area (Å²) in [5.74, 6) is -0.0158. The standard InChI is InChI=1S/C15H25N3O2S/c16-15-7-5-6-14(12-15)13-21(19,20)17-8-11-18-9-3-1-2-4-10-18/h5-7,12,17H,1-4,8-11,13,16H2. The molecule has 1 aromatic rings. The van der Waals surface area contributed by atoms with Crippen molar-refractivity contribution in [3.8, 4) is 0 Å². The summed E-state index contributed by atoms with van der Waals surface area (Å²) in [5.41, 5.74) is 6.98. The van der Waals surface area contributed by atoms with Crippen molar-refractivity contribution in [2.75, 3.05) is 31.9 Å². The molecule has 0 saturated carbocycles. The van der Waals surface area contributed by atoms with Gasteiger partial charge in [0.25, 0.3) is 0 Å². The lowest BCUT2D eigenvalue weighted by Gasteiger charge is -2.19. The van der Waals surface area contributed by atoms with Gasteiger partial charge in [-0.25, -0.2) is 13.1 Å². The SMILES string of the molecule is Nc1cccc(CS(=O)(=O)NCCN2CCCCCC2)c1. The Morgan fingerprint density at radius 3 is 2.52 bits per heavy atom. The Labute approximate surface area is 127 Å². The predicted octanol–water partition coefficient (Wildman–Crippen LogP) is 1.56. The van der Waals surface area contributed by atoms with Crippen molar-refractivity contribution in [1.82, 2.24) is 9.62 Å². The number of hydrogen-bond acceptors (Lipinski definition) is 4. The summed E-state index contributed by atoms with van der Waals surface area (Å²) >= 11 is 0. The molecule has 0 radical (unpaired) electrons. The van der Waals surface area contributed by atoms with E-state index in [0.717, 1.165) is 25.2 Å². The number of nitrogens with two attached hydrogens (primary N) is 1. The van der Waals surface area contributed by atoms with Crippen molar-refractivity contribution < 1.29 is 8.42 Å². The Morgan fingerprint density at radius 2 is 1.86 bits per heavy atom. The molecule has 6 heteroatoms. The third-order valence-corrected chi connectivity index (χ3v) is 5.11. The quantitative estimate of drug-likeness (QED) is 0.782. The van der Waals surface area contributed by atoms with Gasteiger partial charge in [0.15, 0.2) is 0 Å². The Morgan fingerprint density at radius 1 is 1.14 bits per heavy atom. The van der Waals surface area contributed by atoms with Gasteiger partial charge in [-0.15, -0.1) is 0 Å². The molecule has 0 spiro atoms. The minimum absolute atomic E-state index is 0.0158. The number of likely N-dealkylation sites (tertiary alicyclic amines) is 1. The number of rotatable bonds is 6. The minimum atomic E-state index is -3.29. The van der Waals surface area contributed by atoms with Crippen LogP contribution in [0.1, 0.15) is 31.2 Å². The van der Waals surface area contributed by atoms with Crippen LogP contribution >= 0.6 is 0 Å². The molecule has 3 N–H and O–H groups in total. The molecule has 118 valence electrons. The summed E-state index contributed by atoms with van der Waals surface area (Å²) in [6.07, 6.45) is 5.02. The number of benzene rings is 1. The van der Waals surface area contributed by atoms with Gasteiger partial charge in [-0.05, 0) is 43.6 Å². The van der Waals surface area contributed by atoms with E-state index in [9.17, 15) is 8.42 Å². The van der Waals surface area contributed by atoms with Crippen LogP contribution in [0, 0.1) is 0 Å². The van der Waals surface area contributed by atoms with Crippen molar-refractivity contribution in [3.05, 3.63) is 29.8 Å². The third kappa shape index (κ3) is 6.03. The lowest BCUT2D eigenvalue weighted by molar-refractivity contribution is 0.290. The Hall–Kier alpha value is -1.11. The molecular formula is C15H25N3O2S. The van der Waals surface area contributed by atoms with Crippen LogP contribution in [0.15, 0.2) is 24.3 Å². The number of hydrogen-bond donors (Lipinski definition) is 2. The summed E-state index contributed by atoms with van der Waals surface area (Å²) < 4.78 is 26.8. The molecule has 0 amide bonds. The van der Waals surface area contributed by atoms with Gasteiger partial charge in [0.05, 0.1) is 5.75 Å². The zero-order valence-corrected chi connectivity index (χ0v) is 13.2. The average Bonchev–Trinajstić information content (AvgIpc) is 2.66. The maximum Gasteiger partial charge on any atom is 0.215 e. The molecule has 1 aliphatic heterocycles. The highest BCUT2D eigenvalue weighted by atomic mass is 32.2. The van der Waals surface area contributed by atoms with E-state index >= 15 is 0 Å². The second-order valence-electron chi connectivity index (χ2n) is 5.65. The Bertz CT molecular complexity index is 538. The smallest absolute Gasteiger partial charge is 0.215 e. The summed E-state index contributed by atoms with van der Waals surface area (Å²) in [6, 6.07) is 7.01. The van der Waals surface area contributed by atoms with E-state index in [2.05, 4.69) is 9.62 Å². The van der Waals surface area contributed by atoms with Gasteiger partial charge >= 0.3 is 0 Å². The maximum absolute atomic E-state index is 12.1. The Kier molecular flexibility index (Phi) is 6.02. The van der Waals surface area contributed by atoms with Crippen molar-refractivity contribution in [3.63, 3.8) is 0 Å². The largest absolute Gasteiger partial charge is 0.399 e. The second kappa shape index (κ2) is 7.77. The summed E-state index contributed by atoms with van der Waals surface area (Å²) in [5, 5.41) is 0. The first kappa shape index (κ1) is 16.3. The molecule has 0 unspecified atom stereocenters. The van der Waals surface area contributed by atoms with Gasteiger partial charge in [-0.3, -0.25) is 0 Å². The van der Waals surface area contributed by atoms with Crippen LogP contribution < -0.4 is 10.5 Å². The van der Waals surface area contributed by atoms with Gasteiger partial charge in [0.2, 0.25) is 10.0 Å². The zero-order chi connectivity index (χ0) is 15.1. The second-order valence-corrected chi connectivity index (χ2v) is 7.46. The van der Waals surface area contributed by atoms with Crippen molar-refractivity contribution in [2.45, 2.75) is 31.4 Å². The van der Waals surface area contributed by atoms with E-state index in [-0.39, 0.29) is 5.75 Å². The van der Waals surface area contributed by atoms with Crippen molar-refractivity contribution in [2.24, 2.45) is 0 Å². The number of anilines is 1. The fourth-order valence-corrected chi connectivity index (χ4v) is 3.80. The van der Waals surface area contributed by atoms with Crippen molar-refractivity contribution >= 4 is 15.7 Å². The number of nitrogens with zero attached hydrogens (tertiary/aromatic N) is 1. The fourth-order valence-electron chi connectivity index (χ4n) is 2.67. The highest BCUT2D eigenvalue weighted by molar-refractivity contribution is 7.88. The zero-order valence-electron chi connectivity index (χ0n) is 12.4. The van der Waals surface area contributed by atoms with Gasteiger partial charge in [0.1, 0.15) is 0 Å². The first-order valence-corrected chi connectivity index (χ1v) is 9.24. The molecule has 0 bridgehead atoms. The van der Waals surface area contributed by atoms with Crippen LogP contribution in [0.2, 0.25) is 0 Å². The molecule has 0 aliphatic carbocycles. The maximum atomic E-state index is 12.1. The van der Waals surface area contributed by atoms with Crippen LogP contribution in [-0.2, 0) is 15.8 Å². The molecule has 1 fully saturated rings. The third-order valence-electron chi connectivity index (χ3n) is 3.76. The van der Waals surface area contributed by atoms with Crippen LogP contribution in [0.4, 0.5) is 5.69 Å². The van der Waals surface area contributed by atoms with E-state index in [1.165, 1.54) is 25.7 Å². The fraction of sp³-hybridized carbons (Fsp3) is 0.600. The first-order chi connectivity index (χ1) is 10.1. The minimum Gasteiger partial charge on any atom is -0.399 e. The highest BCUT2D eigenvalue weighted by Gasteiger charge is 2.13. The molecule has 1 heterocycles. The lowest BCUT2D eigenvalue weighted by Crippen LogP contribution is -2.35. The first-order valence-electron chi connectivity index (χ1n) is 7.59. The topological polar surface area (TPSA) is 75.4 Å². The van der Waals surface area contributed by atoms with Gasteiger partial charge < -0.3 is 10.6 Å². The Balaban J connectivity index is 1.78. The molecule has 1 aromatic carbocycles. The van der Waals surface area contributed by atoms with E-state index in [1.54, 1.807) is 24.3 Å². The van der Waals surface area contributed by atoms with Crippen LogP contribution in [0.25, 0.3) is 0 Å². The lowest BCUT2D eigenvalue weighted by atomic mass is 10.2. The van der Waals surface area contributed by atoms with Crippen LogP contribution in [0.5, 0.6) is 0 Å². The van der Waals surface area contributed by atoms with Crippen LogP contribution in [-0.4, -0.2) is 39.5 Å². The summed E-state index contributed by atoms with van der Waals surface area (Å²) in [4.78, 5) is 2.34. The highest BCUT2D eigenvalue weighted by Crippen LogP contribution is 2.10. The molecule has 1 aliphatic rings. The monoisotopic (exact) mass is 311 g/mol. The molecule has 5 nitrogen and oxygen atoms in total. The molecule has 21 heavy (non-hydrogen) atoms. The summed E-state index contributed by atoms with van der Waals surface area (Å²) in [6.45, 7) is 3.43. The van der Waals surface area contributed by atoms with Crippen molar-refractivity contribution in [1.29, 1.82) is 0 Å². The van der Waals surface area contributed by atoms with E-state index < -0.39 is 10.0 Å². The van der Waals surface area contributed by atoms with Gasteiger partial charge in [0, 0.05) is 18.8 Å². The molecule has 0 atom stereocenters. The normalized spacial score (nSPS) is 17.5. The number of nitrogens with one attached hydrogen (secondary N) is 1. The average molecular weight is 311 g/mol. The van der Waals surface area contributed by atoms with Gasteiger partial charge in [-0.2, -0.15) is 0 Å². The molecular weight excluding hydrogens is 286 g/mol. The number of sulfonamides is 1.